The van der Waals surface area contributed by atoms with Crippen LogP contribution >= 0.6 is 11.6 Å². The molecule has 4 nitrogen and oxygen atoms in total. The normalized spacial score (nSPS) is 22.0. The fourth-order valence-corrected chi connectivity index (χ4v) is 4.09. The molecule has 0 bridgehead atoms. The molecule has 4 rings (SSSR count). The van der Waals surface area contributed by atoms with Crippen molar-refractivity contribution in [2.45, 2.75) is 18.3 Å². The standard InChI is InChI=1S/C19H16ClFN2O2/c20-15-10-12(21)6-7-13(15)17(24)23-9-3-8-19(11-23)14-4-1-2-5-16(14)22-18(19)25/h1-2,4-7,10H,3,8-9,11H2,(H,22,25)/t19-/m0/s1. The van der Waals surface area contributed by atoms with Crippen LogP contribution in [0, 0.1) is 5.82 Å². The molecule has 0 aromatic heterocycles. The Kier molecular flexibility index (Phi) is 3.76. The lowest BCUT2D eigenvalue weighted by Gasteiger charge is -2.39. The zero-order chi connectivity index (χ0) is 17.6. The van der Waals surface area contributed by atoms with Crippen LogP contribution in [-0.4, -0.2) is 29.8 Å². The van der Waals surface area contributed by atoms with Gasteiger partial charge in [-0.2, -0.15) is 0 Å². The molecule has 128 valence electrons. The number of fused-ring (bicyclic) bond motifs is 2. The first kappa shape index (κ1) is 16.1. The van der Waals surface area contributed by atoms with E-state index in [1.165, 1.54) is 12.1 Å². The van der Waals surface area contributed by atoms with Gasteiger partial charge in [0.2, 0.25) is 5.91 Å². The van der Waals surface area contributed by atoms with Gasteiger partial charge in [0.25, 0.3) is 5.91 Å². The van der Waals surface area contributed by atoms with Crippen molar-refractivity contribution in [2.24, 2.45) is 0 Å². The van der Waals surface area contributed by atoms with Gasteiger partial charge >= 0.3 is 0 Å². The summed E-state index contributed by atoms with van der Waals surface area (Å²) in [7, 11) is 0. The quantitative estimate of drug-likeness (QED) is 0.846. The van der Waals surface area contributed by atoms with Crippen molar-refractivity contribution in [1.82, 2.24) is 4.90 Å². The number of hydrogen-bond donors (Lipinski definition) is 1. The van der Waals surface area contributed by atoms with Crippen LogP contribution in [0.15, 0.2) is 42.5 Å². The number of piperidine rings is 1. The number of hydrogen-bond acceptors (Lipinski definition) is 2. The van der Waals surface area contributed by atoms with E-state index >= 15 is 0 Å². The molecule has 2 aromatic carbocycles. The third kappa shape index (κ3) is 2.50. The molecule has 25 heavy (non-hydrogen) atoms. The number of carbonyl (C=O) groups is 2. The Balaban J connectivity index is 1.68. The molecule has 2 amide bonds. The smallest absolute Gasteiger partial charge is 0.255 e. The third-order valence-corrected chi connectivity index (χ3v) is 5.38. The molecule has 0 unspecified atom stereocenters. The van der Waals surface area contributed by atoms with E-state index in [0.717, 1.165) is 17.3 Å². The second kappa shape index (κ2) is 5.85. The summed E-state index contributed by atoms with van der Waals surface area (Å²) in [6, 6.07) is 11.3. The number of halogens is 2. The molecule has 1 N–H and O–H groups in total. The molecule has 2 aromatic rings. The summed E-state index contributed by atoms with van der Waals surface area (Å²) in [6.07, 6.45) is 1.41. The average molecular weight is 359 g/mol. The highest BCUT2D eigenvalue weighted by molar-refractivity contribution is 6.33. The minimum Gasteiger partial charge on any atom is -0.337 e. The zero-order valence-electron chi connectivity index (χ0n) is 13.4. The summed E-state index contributed by atoms with van der Waals surface area (Å²) >= 11 is 6.04. The number of amides is 2. The number of rotatable bonds is 1. The van der Waals surface area contributed by atoms with Crippen LogP contribution in [0.25, 0.3) is 0 Å². The average Bonchev–Trinajstić information content (AvgIpc) is 2.86. The fraction of sp³-hybridized carbons (Fsp3) is 0.263. The number of anilines is 1. The summed E-state index contributed by atoms with van der Waals surface area (Å²) in [6.45, 7) is 0.839. The van der Waals surface area contributed by atoms with Gasteiger partial charge in [0, 0.05) is 18.8 Å². The first-order valence-corrected chi connectivity index (χ1v) is 8.54. The number of nitrogens with zero attached hydrogens (tertiary/aromatic N) is 1. The van der Waals surface area contributed by atoms with Crippen molar-refractivity contribution in [3.8, 4) is 0 Å². The van der Waals surface area contributed by atoms with Gasteiger partial charge < -0.3 is 10.2 Å². The Hall–Kier alpha value is -2.40. The van der Waals surface area contributed by atoms with Crippen LogP contribution in [0.4, 0.5) is 10.1 Å². The molecule has 1 atom stereocenters. The van der Waals surface area contributed by atoms with Gasteiger partial charge in [0.1, 0.15) is 5.82 Å². The SMILES string of the molecule is O=C(c1ccc(F)cc1Cl)N1CCC[C@@]2(C1)C(=O)Nc1ccccc12. The summed E-state index contributed by atoms with van der Waals surface area (Å²) in [4.78, 5) is 27.2. The zero-order valence-corrected chi connectivity index (χ0v) is 14.1. The Morgan fingerprint density at radius 3 is 2.84 bits per heavy atom. The van der Waals surface area contributed by atoms with Gasteiger partial charge in [-0.05, 0) is 42.7 Å². The number of benzene rings is 2. The molecule has 2 heterocycles. The van der Waals surface area contributed by atoms with Gasteiger partial charge in [0.15, 0.2) is 0 Å². The van der Waals surface area contributed by atoms with E-state index in [1.807, 2.05) is 24.3 Å². The van der Waals surface area contributed by atoms with Crippen LogP contribution in [0.2, 0.25) is 5.02 Å². The minimum absolute atomic E-state index is 0.0728. The van der Waals surface area contributed by atoms with Crippen LogP contribution in [-0.2, 0) is 10.2 Å². The summed E-state index contributed by atoms with van der Waals surface area (Å²) in [5.74, 6) is -0.835. The predicted octanol–water partition coefficient (Wildman–Crippen LogP) is 3.61. The van der Waals surface area contributed by atoms with Gasteiger partial charge in [-0.25, -0.2) is 4.39 Å². The Labute approximate surface area is 149 Å². The molecule has 0 radical (unpaired) electrons. The van der Waals surface area contributed by atoms with E-state index in [4.69, 9.17) is 11.6 Å². The first-order valence-electron chi connectivity index (χ1n) is 8.16. The minimum atomic E-state index is -0.725. The highest BCUT2D eigenvalue weighted by atomic mass is 35.5. The van der Waals surface area contributed by atoms with E-state index in [2.05, 4.69) is 5.32 Å². The van der Waals surface area contributed by atoms with E-state index in [9.17, 15) is 14.0 Å². The Morgan fingerprint density at radius 1 is 1.24 bits per heavy atom. The lowest BCUT2D eigenvalue weighted by molar-refractivity contribution is -0.122. The summed E-state index contributed by atoms with van der Waals surface area (Å²) in [5, 5.41) is 3.01. The van der Waals surface area contributed by atoms with Crippen molar-refractivity contribution in [3.05, 3.63) is 64.4 Å². The largest absolute Gasteiger partial charge is 0.337 e. The molecule has 1 saturated heterocycles. The number of nitrogens with one attached hydrogen (secondary N) is 1. The van der Waals surface area contributed by atoms with Crippen LogP contribution in [0.3, 0.4) is 0 Å². The molecule has 0 aliphatic carbocycles. The fourth-order valence-electron chi connectivity index (χ4n) is 3.84. The first-order chi connectivity index (χ1) is 12.0. The molecular formula is C19H16ClFN2O2. The summed E-state index contributed by atoms with van der Waals surface area (Å²) in [5.41, 5.74) is 1.27. The number of para-hydroxylation sites is 1. The molecule has 2 aliphatic heterocycles. The maximum atomic E-state index is 13.2. The number of likely N-dealkylation sites (tertiary alicyclic amines) is 1. The Bertz CT molecular complexity index is 885. The molecule has 1 fully saturated rings. The van der Waals surface area contributed by atoms with E-state index in [1.54, 1.807) is 4.90 Å². The van der Waals surface area contributed by atoms with Crippen LogP contribution in [0.5, 0.6) is 0 Å². The van der Waals surface area contributed by atoms with Crippen molar-refractivity contribution in [1.29, 1.82) is 0 Å². The van der Waals surface area contributed by atoms with Crippen molar-refractivity contribution >= 4 is 29.1 Å². The molecule has 1 spiro atoms. The van der Waals surface area contributed by atoms with E-state index in [-0.39, 0.29) is 22.4 Å². The molecule has 2 aliphatic rings. The lowest BCUT2D eigenvalue weighted by atomic mass is 9.75. The van der Waals surface area contributed by atoms with E-state index in [0.29, 0.717) is 25.9 Å². The van der Waals surface area contributed by atoms with Crippen LogP contribution < -0.4 is 5.32 Å². The van der Waals surface area contributed by atoms with Crippen molar-refractivity contribution < 1.29 is 14.0 Å². The lowest BCUT2D eigenvalue weighted by Crippen LogP contribution is -2.51. The maximum Gasteiger partial charge on any atom is 0.255 e. The highest BCUT2D eigenvalue weighted by Gasteiger charge is 2.49. The second-order valence-electron chi connectivity index (χ2n) is 6.54. The number of carbonyl (C=O) groups excluding carboxylic acids is 2. The van der Waals surface area contributed by atoms with Gasteiger partial charge in [-0.3, -0.25) is 9.59 Å². The molecule has 6 heteroatoms. The summed E-state index contributed by atoms with van der Waals surface area (Å²) < 4.78 is 13.2. The maximum absolute atomic E-state index is 13.2. The monoisotopic (exact) mass is 358 g/mol. The second-order valence-corrected chi connectivity index (χ2v) is 6.94. The highest BCUT2D eigenvalue weighted by Crippen LogP contribution is 2.43. The molecule has 0 saturated carbocycles. The van der Waals surface area contributed by atoms with Gasteiger partial charge in [0.05, 0.1) is 16.0 Å². The van der Waals surface area contributed by atoms with E-state index < -0.39 is 11.2 Å². The topological polar surface area (TPSA) is 49.4 Å². The third-order valence-electron chi connectivity index (χ3n) is 5.07. The molecular weight excluding hydrogens is 343 g/mol. The van der Waals surface area contributed by atoms with Gasteiger partial charge in [-0.1, -0.05) is 29.8 Å². The van der Waals surface area contributed by atoms with Gasteiger partial charge in [-0.15, -0.1) is 0 Å². The Morgan fingerprint density at radius 2 is 2.04 bits per heavy atom. The predicted molar refractivity (Wildman–Crippen MR) is 93.3 cm³/mol. The van der Waals surface area contributed by atoms with Crippen molar-refractivity contribution in [3.63, 3.8) is 0 Å². The van der Waals surface area contributed by atoms with Crippen molar-refractivity contribution in [2.75, 3.05) is 18.4 Å². The van der Waals surface area contributed by atoms with Crippen LogP contribution in [0.1, 0.15) is 28.8 Å².